The number of carbonyl (C=O) groups is 1. The second-order valence-corrected chi connectivity index (χ2v) is 9.59. The highest BCUT2D eigenvalue weighted by Crippen LogP contribution is 2.47. The fourth-order valence-corrected chi connectivity index (χ4v) is 4.29. The highest BCUT2D eigenvalue weighted by atomic mass is 19.2. The van der Waals surface area contributed by atoms with Crippen LogP contribution in [0.4, 0.5) is 8.78 Å². The van der Waals surface area contributed by atoms with E-state index in [1.165, 1.54) is 35.4 Å². The van der Waals surface area contributed by atoms with Crippen LogP contribution < -0.4 is 10.9 Å². The van der Waals surface area contributed by atoms with Gasteiger partial charge in [0.15, 0.2) is 17.3 Å². The van der Waals surface area contributed by atoms with Crippen molar-refractivity contribution >= 4 is 16.9 Å². The number of nitrogens with one attached hydrogen (secondary N) is 1. The fraction of sp³-hybridized carbons (Fsp3) is 0.360. The third kappa shape index (κ3) is 3.84. The van der Waals surface area contributed by atoms with E-state index in [9.17, 15) is 9.59 Å². The number of hydrogen-bond donors (Lipinski definition) is 1. The molecule has 0 atom stereocenters. The molecule has 0 bridgehead atoms. The number of aromatic nitrogens is 6. The normalized spacial score (nSPS) is 14.6. The molecule has 1 N–H and O–H groups in total. The minimum Gasteiger partial charge on any atom is -0.340 e. The predicted molar refractivity (Wildman–Crippen MR) is 128 cm³/mol. The number of carbonyl (C=O) groups excluding carboxylic acids is 1. The van der Waals surface area contributed by atoms with E-state index in [1.54, 1.807) is 24.7 Å². The molecule has 186 valence electrons. The Hall–Kier alpha value is -4.02. The van der Waals surface area contributed by atoms with Gasteiger partial charge in [0.25, 0.3) is 11.5 Å². The Labute approximate surface area is 205 Å². The Morgan fingerprint density at radius 2 is 1.78 bits per heavy atom. The molecule has 1 aliphatic rings. The molecule has 1 amide bonds. The minimum absolute atomic E-state index is 0.0125. The lowest BCUT2D eigenvalue weighted by molar-refractivity contribution is 0.0919. The molecule has 36 heavy (non-hydrogen) atoms. The Morgan fingerprint density at radius 1 is 1.03 bits per heavy atom. The first kappa shape index (κ1) is 23.7. The van der Waals surface area contributed by atoms with E-state index in [0.717, 1.165) is 0 Å². The molecule has 1 saturated carbocycles. The van der Waals surface area contributed by atoms with Crippen molar-refractivity contribution in [2.75, 3.05) is 0 Å². The first-order valence-electron chi connectivity index (χ1n) is 11.7. The van der Waals surface area contributed by atoms with Crippen LogP contribution in [0, 0.1) is 11.6 Å². The summed E-state index contributed by atoms with van der Waals surface area (Å²) < 4.78 is 33.6. The summed E-state index contributed by atoms with van der Waals surface area (Å²) >= 11 is 0. The lowest BCUT2D eigenvalue weighted by atomic mass is 9.98. The summed E-state index contributed by atoms with van der Waals surface area (Å²) in [6.07, 6.45) is 6.57. The van der Waals surface area contributed by atoms with Crippen LogP contribution in [0.15, 0.2) is 41.8 Å². The van der Waals surface area contributed by atoms with E-state index in [1.807, 2.05) is 13.8 Å². The Bertz CT molecular complexity index is 1550. The maximum atomic E-state index is 15.3. The average molecular weight is 494 g/mol. The van der Waals surface area contributed by atoms with Gasteiger partial charge in [-0.3, -0.25) is 14.2 Å². The summed E-state index contributed by atoms with van der Waals surface area (Å²) in [6.45, 7) is 7.48. The van der Waals surface area contributed by atoms with Crippen molar-refractivity contribution < 1.29 is 13.6 Å². The van der Waals surface area contributed by atoms with Crippen LogP contribution in [-0.4, -0.2) is 35.2 Å². The van der Waals surface area contributed by atoms with E-state index in [2.05, 4.69) is 25.4 Å². The molecule has 0 saturated heterocycles. The van der Waals surface area contributed by atoms with Gasteiger partial charge in [-0.05, 0) is 40.5 Å². The van der Waals surface area contributed by atoms with Crippen LogP contribution >= 0.6 is 0 Å². The molecule has 4 aromatic rings. The van der Waals surface area contributed by atoms with Gasteiger partial charge >= 0.3 is 0 Å². The summed E-state index contributed by atoms with van der Waals surface area (Å²) in [6, 6.07) is 2.60. The van der Waals surface area contributed by atoms with Crippen LogP contribution in [0.2, 0.25) is 0 Å². The van der Waals surface area contributed by atoms with Crippen LogP contribution in [0.5, 0.6) is 0 Å². The minimum atomic E-state index is -1.16. The third-order valence-electron chi connectivity index (χ3n) is 6.43. The van der Waals surface area contributed by atoms with Crippen molar-refractivity contribution in [3.8, 4) is 11.1 Å². The zero-order valence-electron chi connectivity index (χ0n) is 20.3. The predicted octanol–water partition coefficient (Wildman–Crippen LogP) is 3.91. The number of hydrogen-bond acceptors (Lipinski definition) is 6. The summed E-state index contributed by atoms with van der Waals surface area (Å²) in [4.78, 5) is 38.3. The molecule has 0 spiro atoms. The van der Waals surface area contributed by atoms with Gasteiger partial charge in [-0.1, -0.05) is 12.1 Å². The summed E-state index contributed by atoms with van der Waals surface area (Å²) in [7, 11) is 0. The van der Waals surface area contributed by atoms with Gasteiger partial charge in [-0.15, -0.1) is 0 Å². The van der Waals surface area contributed by atoms with Gasteiger partial charge in [0, 0.05) is 35.6 Å². The van der Waals surface area contributed by atoms with Crippen LogP contribution in [0.3, 0.4) is 0 Å². The molecule has 0 aliphatic heterocycles. The molecular weight excluding hydrogens is 468 g/mol. The monoisotopic (exact) mass is 493 g/mol. The Kier molecular flexibility index (Phi) is 5.65. The first-order valence-corrected chi connectivity index (χ1v) is 11.7. The second-order valence-electron chi connectivity index (χ2n) is 9.59. The summed E-state index contributed by atoms with van der Waals surface area (Å²) in [5.74, 6) is -2.95. The Balaban J connectivity index is 1.47. The van der Waals surface area contributed by atoms with Gasteiger partial charge in [-0.25, -0.2) is 28.4 Å². The summed E-state index contributed by atoms with van der Waals surface area (Å²) in [5.41, 5.74) is -1.23. The Morgan fingerprint density at radius 3 is 2.44 bits per heavy atom. The number of amides is 1. The fourth-order valence-electron chi connectivity index (χ4n) is 4.29. The van der Waals surface area contributed by atoms with Crippen molar-refractivity contribution in [3.63, 3.8) is 0 Å². The molecule has 1 aliphatic carbocycles. The van der Waals surface area contributed by atoms with E-state index in [0.29, 0.717) is 23.9 Å². The van der Waals surface area contributed by atoms with Gasteiger partial charge in [0.2, 0.25) is 5.82 Å². The molecule has 9 nitrogen and oxygen atoms in total. The largest absolute Gasteiger partial charge is 0.340 e. The molecule has 5 rings (SSSR count). The standard InChI is InChI=1S/C25H25F2N7O2/c1-13(2)33-12-28-11-17(24(33)36)16-5-6-18(20(27)19(16)26)25(7-8-25)32-23(35)21-29-9-15-10-30-34(14(3)4)22(15)31-21/h5-6,9-14H,7-8H2,1-4H3,(H,32,35). The van der Waals surface area contributed by atoms with Crippen molar-refractivity contribution in [2.45, 2.75) is 58.2 Å². The van der Waals surface area contributed by atoms with Crippen molar-refractivity contribution in [1.82, 2.24) is 34.6 Å². The second kappa shape index (κ2) is 8.58. The average Bonchev–Trinajstić information content (AvgIpc) is 3.48. The maximum Gasteiger partial charge on any atom is 0.289 e. The van der Waals surface area contributed by atoms with Gasteiger partial charge < -0.3 is 5.32 Å². The van der Waals surface area contributed by atoms with Gasteiger partial charge in [0.05, 0.1) is 29.0 Å². The van der Waals surface area contributed by atoms with E-state index in [-0.39, 0.29) is 34.6 Å². The number of benzene rings is 1. The highest BCUT2D eigenvalue weighted by Gasteiger charge is 2.48. The molecular formula is C25H25F2N7O2. The third-order valence-corrected chi connectivity index (χ3v) is 6.43. The van der Waals surface area contributed by atoms with Gasteiger partial charge in [0.1, 0.15) is 0 Å². The van der Waals surface area contributed by atoms with E-state index >= 15 is 8.78 Å². The number of rotatable bonds is 6. The SMILES string of the molecule is CC(C)n1cncc(-c2ccc(C3(NC(=O)c4ncc5cnn(C(C)C)c5n4)CC3)c(F)c2F)c1=O. The van der Waals surface area contributed by atoms with Crippen LogP contribution in [0.25, 0.3) is 22.2 Å². The molecule has 11 heteroatoms. The summed E-state index contributed by atoms with van der Waals surface area (Å²) in [5, 5.41) is 7.75. The van der Waals surface area contributed by atoms with Crippen molar-refractivity contribution in [1.29, 1.82) is 0 Å². The highest BCUT2D eigenvalue weighted by molar-refractivity contribution is 5.93. The molecule has 1 fully saturated rings. The quantitative estimate of drug-likeness (QED) is 0.436. The number of nitrogens with zero attached hydrogens (tertiary/aromatic N) is 6. The molecule has 0 radical (unpaired) electrons. The topological polar surface area (TPSA) is 108 Å². The van der Waals surface area contributed by atoms with Gasteiger partial charge in [-0.2, -0.15) is 5.10 Å². The lowest BCUT2D eigenvalue weighted by Gasteiger charge is -2.19. The molecule has 0 unspecified atom stereocenters. The zero-order valence-corrected chi connectivity index (χ0v) is 20.3. The lowest BCUT2D eigenvalue weighted by Crippen LogP contribution is -2.36. The van der Waals surface area contributed by atoms with Crippen LogP contribution in [-0.2, 0) is 5.54 Å². The zero-order chi connectivity index (χ0) is 25.8. The van der Waals surface area contributed by atoms with Crippen LogP contribution in [0.1, 0.15) is 68.8 Å². The van der Waals surface area contributed by atoms with Crippen molar-refractivity contribution in [2.24, 2.45) is 0 Å². The molecule has 3 aromatic heterocycles. The molecule has 3 heterocycles. The van der Waals surface area contributed by atoms with E-state index in [4.69, 9.17) is 0 Å². The number of halogens is 2. The first-order chi connectivity index (χ1) is 17.1. The maximum absolute atomic E-state index is 15.3. The molecule has 1 aromatic carbocycles. The van der Waals surface area contributed by atoms with E-state index < -0.39 is 28.6 Å². The van der Waals surface area contributed by atoms with Crippen molar-refractivity contribution in [3.05, 3.63) is 70.4 Å². The number of fused-ring (bicyclic) bond motifs is 1. The smallest absolute Gasteiger partial charge is 0.289 e.